The Hall–Kier alpha value is -0.0900. The van der Waals surface area contributed by atoms with E-state index in [0.717, 1.165) is 19.4 Å². The van der Waals surface area contributed by atoms with Crippen molar-refractivity contribution in [1.82, 2.24) is 5.32 Å². The summed E-state index contributed by atoms with van der Waals surface area (Å²) in [6.45, 7) is 11.1. The highest BCUT2D eigenvalue weighted by Gasteiger charge is 2.24. The topological polar surface area (TPSA) is 46.2 Å². The summed E-state index contributed by atoms with van der Waals surface area (Å²) in [5.41, 5.74) is 0.0898. The second-order valence-corrected chi connectivity index (χ2v) is 7.66. The largest absolute Gasteiger partial charge is 0.314 e. The van der Waals surface area contributed by atoms with Crippen molar-refractivity contribution in [2.75, 3.05) is 18.1 Å². The van der Waals surface area contributed by atoms with Crippen LogP contribution in [0.1, 0.15) is 47.5 Å². The zero-order valence-electron chi connectivity index (χ0n) is 11.3. The summed E-state index contributed by atoms with van der Waals surface area (Å²) in [5, 5.41) is 3.40. The maximum atomic E-state index is 11.5. The van der Waals surface area contributed by atoms with Crippen LogP contribution in [0, 0.1) is 5.41 Å². The number of hydrogen-bond donors (Lipinski definition) is 1. The molecule has 0 fully saturated rings. The number of hydrogen-bond acceptors (Lipinski definition) is 3. The molecule has 98 valence electrons. The third-order valence-electron chi connectivity index (χ3n) is 3.25. The number of sulfone groups is 1. The van der Waals surface area contributed by atoms with E-state index in [0.29, 0.717) is 11.8 Å². The van der Waals surface area contributed by atoms with Gasteiger partial charge in [0, 0.05) is 18.3 Å². The first-order valence-corrected chi connectivity index (χ1v) is 8.00. The van der Waals surface area contributed by atoms with Crippen LogP contribution in [0.15, 0.2) is 0 Å². The molecule has 16 heavy (non-hydrogen) atoms. The molecule has 0 aromatic rings. The van der Waals surface area contributed by atoms with Gasteiger partial charge in [0.15, 0.2) is 0 Å². The summed E-state index contributed by atoms with van der Waals surface area (Å²) in [5.74, 6) is 0.567. The zero-order valence-corrected chi connectivity index (χ0v) is 12.2. The van der Waals surface area contributed by atoms with Crippen molar-refractivity contribution in [3.05, 3.63) is 0 Å². The summed E-state index contributed by atoms with van der Waals surface area (Å²) in [4.78, 5) is 0. The fraction of sp³-hybridized carbons (Fsp3) is 1.00. The van der Waals surface area contributed by atoms with Gasteiger partial charge in [0.1, 0.15) is 9.84 Å². The number of rotatable bonds is 8. The van der Waals surface area contributed by atoms with Crippen LogP contribution >= 0.6 is 0 Å². The SMILES string of the molecule is CCC(C)(CCS(=O)(=O)CC)CNC(C)C. The Labute approximate surface area is 101 Å². The van der Waals surface area contributed by atoms with Gasteiger partial charge >= 0.3 is 0 Å². The molecule has 0 amide bonds. The van der Waals surface area contributed by atoms with Crippen LogP contribution in [0.3, 0.4) is 0 Å². The molecule has 4 heteroatoms. The molecule has 0 aromatic heterocycles. The minimum Gasteiger partial charge on any atom is -0.314 e. The standard InChI is InChI=1S/C12H27NO2S/c1-6-12(5,10-13-11(3)4)8-9-16(14,15)7-2/h11,13H,6-10H2,1-5H3. The predicted octanol–water partition coefficient (Wildman–Crippen LogP) is 2.23. The Balaban J connectivity index is 4.27. The lowest BCUT2D eigenvalue weighted by Gasteiger charge is -2.29. The Morgan fingerprint density at radius 2 is 1.81 bits per heavy atom. The van der Waals surface area contributed by atoms with Crippen LogP contribution in [0.4, 0.5) is 0 Å². The van der Waals surface area contributed by atoms with E-state index in [4.69, 9.17) is 0 Å². The van der Waals surface area contributed by atoms with Crippen LogP contribution in [-0.2, 0) is 9.84 Å². The Morgan fingerprint density at radius 3 is 2.19 bits per heavy atom. The summed E-state index contributed by atoms with van der Waals surface area (Å²) in [6.07, 6.45) is 1.76. The van der Waals surface area contributed by atoms with E-state index in [1.165, 1.54) is 0 Å². The second kappa shape index (κ2) is 6.60. The van der Waals surface area contributed by atoms with E-state index in [9.17, 15) is 8.42 Å². The molecule has 0 aliphatic carbocycles. The van der Waals surface area contributed by atoms with Crippen molar-refractivity contribution in [2.45, 2.75) is 53.5 Å². The second-order valence-electron chi connectivity index (χ2n) is 5.19. The maximum Gasteiger partial charge on any atom is 0.150 e. The zero-order chi connectivity index (χ0) is 12.8. The lowest BCUT2D eigenvalue weighted by Crippen LogP contribution is -2.36. The van der Waals surface area contributed by atoms with E-state index >= 15 is 0 Å². The van der Waals surface area contributed by atoms with Crippen molar-refractivity contribution >= 4 is 9.84 Å². The van der Waals surface area contributed by atoms with Crippen LogP contribution in [0.25, 0.3) is 0 Å². The summed E-state index contributed by atoms with van der Waals surface area (Å²) in [7, 11) is -2.83. The number of nitrogens with one attached hydrogen (secondary N) is 1. The fourth-order valence-corrected chi connectivity index (χ4v) is 2.48. The smallest absolute Gasteiger partial charge is 0.150 e. The highest BCUT2D eigenvalue weighted by Crippen LogP contribution is 2.25. The minimum absolute atomic E-state index is 0.0898. The van der Waals surface area contributed by atoms with Crippen molar-refractivity contribution in [1.29, 1.82) is 0 Å². The molecule has 0 aliphatic rings. The van der Waals surface area contributed by atoms with Gasteiger partial charge in [0.2, 0.25) is 0 Å². The van der Waals surface area contributed by atoms with Gasteiger partial charge in [-0.2, -0.15) is 0 Å². The Bertz CT molecular complexity index is 285. The van der Waals surface area contributed by atoms with Crippen LogP contribution in [0.5, 0.6) is 0 Å². The van der Waals surface area contributed by atoms with E-state index in [2.05, 4.69) is 33.0 Å². The molecule has 0 rings (SSSR count). The van der Waals surface area contributed by atoms with E-state index < -0.39 is 9.84 Å². The van der Waals surface area contributed by atoms with Crippen LogP contribution in [-0.4, -0.2) is 32.5 Å². The minimum atomic E-state index is -2.83. The highest BCUT2D eigenvalue weighted by molar-refractivity contribution is 7.91. The van der Waals surface area contributed by atoms with Gasteiger partial charge in [0.05, 0.1) is 5.75 Å². The van der Waals surface area contributed by atoms with Crippen molar-refractivity contribution in [3.8, 4) is 0 Å². The van der Waals surface area contributed by atoms with Gasteiger partial charge in [-0.25, -0.2) is 8.42 Å². The molecule has 0 heterocycles. The van der Waals surface area contributed by atoms with Gasteiger partial charge < -0.3 is 5.32 Å². The molecule has 0 aliphatic heterocycles. The van der Waals surface area contributed by atoms with Crippen LogP contribution in [0.2, 0.25) is 0 Å². The van der Waals surface area contributed by atoms with Gasteiger partial charge in [-0.3, -0.25) is 0 Å². The molecular formula is C12H27NO2S. The Morgan fingerprint density at radius 1 is 1.25 bits per heavy atom. The van der Waals surface area contributed by atoms with Crippen LogP contribution < -0.4 is 5.32 Å². The molecular weight excluding hydrogens is 222 g/mol. The fourth-order valence-electron chi connectivity index (χ4n) is 1.39. The maximum absolute atomic E-state index is 11.5. The molecule has 1 atom stereocenters. The van der Waals surface area contributed by atoms with Gasteiger partial charge in [-0.15, -0.1) is 0 Å². The van der Waals surface area contributed by atoms with Crippen molar-refractivity contribution in [2.24, 2.45) is 5.41 Å². The third-order valence-corrected chi connectivity index (χ3v) is 4.95. The molecule has 0 saturated heterocycles. The summed E-state index contributed by atoms with van der Waals surface area (Å²) >= 11 is 0. The van der Waals surface area contributed by atoms with E-state index in [1.54, 1.807) is 6.92 Å². The van der Waals surface area contributed by atoms with Gasteiger partial charge in [-0.1, -0.05) is 34.6 Å². The lowest BCUT2D eigenvalue weighted by molar-refractivity contribution is 0.273. The Kier molecular flexibility index (Phi) is 6.56. The quantitative estimate of drug-likeness (QED) is 0.717. The van der Waals surface area contributed by atoms with E-state index in [-0.39, 0.29) is 11.2 Å². The van der Waals surface area contributed by atoms with Gasteiger partial charge in [0.25, 0.3) is 0 Å². The molecule has 0 radical (unpaired) electrons. The first-order valence-electron chi connectivity index (χ1n) is 6.18. The molecule has 0 bridgehead atoms. The molecule has 1 unspecified atom stereocenters. The first-order chi connectivity index (χ1) is 7.24. The molecule has 1 N–H and O–H groups in total. The average molecular weight is 249 g/mol. The molecule has 3 nitrogen and oxygen atoms in total. The van der Waals surface area contributed by atoms with Gasteiger partial charge in [-0.05, 0) is 18.3 Å². The lowest BCUT2D eigenvalue weighted by atomic mass is 9.84. The molecule has 0 aromatic carbocycles. The predicted molar refractivity (Wildman–Crippen MR) is 70.5 cm³/mol. The van der Waals surface area contributed by atoms with E-state index in [1.807, 2.05) is 0 Å². The average Bonchev–Trinajstić information content (AvgIpc) is 2.24. The third kappa shape index (κ3) is 6.48. The first kappa shape index (κ1) is 15.9. The summed E-state index contributed by atoms with van der Waals surface area (Å²) < 4.78 is 23.0. The summed E-state index contributed by atoms with van der Waals surface area (Å²) in [6, 6.07) is 0.452. The monoisotopic (exact) mass is 249 g/mol. The van der Waals surface area contributed by atoms with Crippen molar-refractivity contribution in [3.63, 3.8) is 0 Å². The molecule has 0 spiro atoms. The highest BCUT2D eigenvalue weighted by atomic mass is 32.2. The van der Waals surface area contributed by atoms with Crippen molar-refractivity contribution < 1.29 is 8.42 Å². The molecule has 0 saturated carbocycles. The normalized spacial score (nSPS) is 16.4.